The molecule has 55 heavy (non-hydrogen) atoms. The van der Waals surface area contributed by atoms with Crippen molar-refractivity contribution in [3.63, 3.8) is 0 Å². The number of rotatable bonds is 10. The number of ether oxygens (including phenoxy) is 1. The van der Waals surface area contributed by atoms with E-state index in [9.17, 15) is 31.2 Å². The predicted octanol–water partition coefficient (Wildman–Crippen LogP) is 2.01. The number of fused-ring (bicyclic) bond motifs is 1. The van der Waals surface area contributed by atoms with Gasteiger partial charge in [0.1, 0.15) is 0 Å². The third kappa shape index (κ3) is 8.64. The molecule has 2 unspecified atom stereocenters. The number of likely N-dealkylation sites (tertiary alicyclic amines) is 1. The molecule has 0 saturated carbocycles. The molecule has 2 atom stereocenters. The van der Waals surface area contributed by atoms with Gasteiger partial charge in [-0.2, -0.15) is 5.10 Å². The first-order valence-corrected chi connectivity index (χ1v) is 22.0. The zero-order valence-corrected chi connectivity index (χ0v) is 33.6. The fourth-order valence-electron chi connectivity index (χ4n) is 6.91. The number of nitrogens with one attached hydrogen (secondary N) is 2. The second-order valence-corrected chi connectivity index (χ2v) is 19.4. The maximum absolute atomic E-state index is 13.6. The van der Waals surface area contributed by atoms with E-state index in [4.69, 9.17) is 16.3 Å². The predicted molar refractivity (Wildman–Crippen MR) is 194 cm³/mol. The van der Waals surface area contributed by atoms with Crippen LogP contribution in [0.2, 0.25) is 5.02 Å². The molecule has 2 aromatic carbocycles. The van der Waals surface area contributed by atoms with E-state index >= 15 is 0 Å². The Morgan fingerprint density at radius 2 is 1.80 bits per heavy atom. The van der Waals surface area contributed by atoms with Gasteiger partial charge >= 0.3 is 237 Å². The van der Waals surface area contributed by atoms with E-state index in [0.717, 1.165) is 49.2 Å². The summed E-state index contributed by atoms with van der Waals surface area (Å²) in [5.41, 5.74) is 1.18. The first kappa shape index (κ1) is 39.4. The number of amides is 3. The van der Waals surface area contributed by atoms with E-state index in [0.29, 0.717) is 34.2 Å². The van der Waals surface area contributed by atoms with Gasteiger partial charge in [0.05, 0.1) is 5.52 Å². The number of carbonyl (C=O) groups excluding carboxylic acids is 2. The van der Waals surface area contributed by atoms with Crippen LogP contribution in [0.4, 0.5) is 29.7 Å². The van der Waals surface area contributed by atoms with E-state index in [2.05, 4.69) is 49.7 Å². The second kappa shape index (κ2) is 16.0. The summed E-state index contributed by atoms with van der Waals surface area (Å²) in [6, 6.07) is 10.1. The van der Waals surface area contributed by atoms with Crippen LogP contribution < -0.4 is 41.7 Å². The number of sulfonamides is 1. The number of benzene rings is 2. The van der Waals surface area contributed by atoms with Crippen molar-refractivity contribution in [3.8, 4) is 5.75 Å². The third-order valence-corrected chi connectivity index (χ3v) is 16.9. The summed E-state index contributed by atoms with van der Waals surface area (Å²) in [4.78, 5) is 35.6. The van der Waals surface area contributed by atoms with Gasteiger partial charge in [0.15, 0.2) is 5.82 Å². The van der Waals surface area contributed by atoms with Crippen LogP contribution in [-0.2, 0) is 28.0 Å². The Hall–Kier alpha value is -3.79. The molecular weight excluding hydrogens is 878 g/mol. The molecule has 2 aromatic heterocycles. The van der Waals surface area contributed by atoms with Crippen molar-refractivity contribution >= 4 is 56.2 Å². The van der Waals surface area contributed by atoms with E-state index in [-0.39, 0.29) is 54.1 Å². The maximum atomic E-state index is 13.6. The number of aromatic nitrogens is 4. The number of urea groups is 1. The summed E-state index contributed by atoms with van der Waals surface area (Å²) < 4.78 is 75.7. The standard InChI is InChI=1S/C35H39ClF3IN9O5S/c1-21(47-11-7-22(8-12-47)23-3-5-27-29(15-23)46(2)45-32(27)48-13-10-31(50)44-34(48)51)20-54-30-16-26(4-6-28(30)36)55(52,53)49-14-9-25(17-40-49)43-33-41-18-24(19-42-33)35(37,38)39/h3-6,15-16,18-19,21-22,25H,7-14,17,20H2,1-2H3,(H,41,42,43)(H,44,50,51)/q-1. The molecule has 20 heteroatoms. The number of anilines is 2. The molecule has 0 spiro atoms. The quantitative estimate of drug-likeness (QED) is 0.137. The van der Waals surface area contributed by atoms with Crippen LogP contribution in [0.1, 0.15) is 49.7 Å². The van der Waals surface area contributed by atoms with Crippen LogP contribution in [0.3, 0.4) is 0 Å². The molecule has 3 aliphatic rings. The fraction of sp³-hybridized carbons (Fsp3) is 0.457. The van der Waals surface area contributed by atoms with E-state index < -0.39 is 49.3 Å². The molecule has 3 amide bonds. The fourth-order valence-corrected chi connectivity index (χ4v) is 12.6. The van der Waals surface area contributed by atoms with Crippen molar-refractivity contribution in [1.82, 2.24) is 32.5 Å². The Bertz CT molecular complexity index is 2180. The second-order valence-electron chi connectivity index (χ2n) is 13.8. The van der Waals surface area contributed by atoms with Gasteiger partial charge in [-0.1, -0.05) is 6.07 Å². The number of hydrogen-bond acceptors (Lipinski definition) is 10. The van der Waals surface area contributed by atoms with Gasteiger partial charge in [-0.3, -0.25) is 19.7 Å². The summed E-state index contributed by atoms with van der Waals surface area (Å²) in [5, 5.41) is 11.1. The average molecular weight is 917 g/mol. The van der Waals surface area contributed by atoms with Crippen molar-refractivity contribution < 1.29 is 57.4 Å². The number of hydrogen-bond donors (Lipinski definition) is 2. The Labute approximate surface area is 331 Å². The topological polar surface area (TPSA) is 155 Å². The van der Waals surface area contributed by atoms with E-state index in [1.807, 2.05) is 13.1 Å². The van der Waals surface area contributed by atoms with Gasteiger partial charge in [0.2, 0.25) is 5.91 Å². The molecule has 0 bridgehead atoms. The Kier molecular flexibility index (Phi) is 11.5. The minimum atomic E-state index is -4.53. The Morgan fingerprint density at radius 3 is 2.47 bits per heavy atom. The van der Waals surface area contributed by atoms with Crippen molar-refractivity contribution in [2.24, 2.45) is 7.05 Å². The molecular formula is C35H39ClF3IN9O5S-. The number of aryl methyl sites for hydroxylation is 1. The molecule has 2 N–H and O–H groups in total. The van der Waals surface area contributed by atoms with Gasteiger partial charge in [0, 0.05) is 25.4 Å². The SMILES string of the molecule is CC(COc1cc(S(=O)(=O)N2CCC(Nc3ncc(C(F)(F)F)cn3)C[I-]2)ccc1Cl)N1CCC(c2ccc3c(N4CCC(=O)NC4=O)nn(C)c3c2)CC1. The summed E-state index contributed by atoms with van der Waals surface area (Å²) in [6.45, 7) is 4.59. The van der Waals surface area contributed by atoms with Gasteiger partial charge in [-0.15, -0.1) is 0 Å². The van der Waals surface area contributed by atoms with Gasteiger partial charge < -0.3 is 0 Å². The molecule has 296 valence electrons. The monoisotopic (exact) mass is 916 g/mol. The zero-order chi connectivity index (χ0) is 39.1. The van der Waals surface area contributed by atoms with Crippen molar-refractivity contribution in [3.05, 3.63) is 64.9 Å². The number of piperidine rings is 1. The number of halogens is 5. The van der Waals surface area contributed by atoms with Gasteiger partial charge in [-0.25, -0.2) is 4.79 Å². The Morgan fingerprint density at radius 1 is 1.05 bits per heavy atom. The number of alkyl halides is 4. The van der Waals surface area contributed by atoms with Crippen LogP contribution in [0, 0.1) is 0 Å². The molecule has 3 fully saturated rings. The van der Waals surface area contributed by atoms with Gasteiger partial charge in [-0.05, 0) is 17.7 Å². The first-order valence-electron chi connectivity index (χ1n) is 17.7. The summed E-state index contributed by atoms with van der Waals surface area (Å²) in [5.74, 6) is 0.938. The molecule has 5 heterocycles. The molecule has 7 rings (SSSR count). The third-order valence-electron chi connectivity index (χ3n) is 10.1. The van der Waals surface area contributed by atoms with Crippen molar-refractivity contribution in [2.75, 3.05) is 47.4 Å². The molecule has 0 radical (unpaired) electrons. The zero-order valence-electron chi connectivity index (χ0n) is 29.9. The summed E-state index contributed by atoms with van der Waals surface area (Å²) in [6.07, 6.45) is -0.554. The molecule has 4 aromatic rings. The number of nitrogens with zero attached hydrogens (tertiary/aromatic N) is 7. The van der Waals surface area contributed by atoms with Crippen LogP contribution in [0.25, 0.3) is 10.9 Å². The normalized spacial score (nSPS) is 20.3. The van der Waals surface area contributed by atoms with Crippen LogP contribution in [-0.4, -0.2) is 96.8 Å². The Balaban J connectivity index is 0.911. The van der Waals surface area contributed by atoms with E-state index in [1.54, 1.807) is 4.68 Å². The molecule has 0 aliphatic carbocycles. The molecule has 3 aliphatic heterocycles. The van der Waals surface area contributed by atoms with Crippen LogP contribution >= 0.6 is 11.6 Å². The minimum absolute atomic E-state index is 0.0352. The molecule has 14 nitrogen and oxygen atoms in total. The van der Waals surface area contributed by atoms with Crippen molar-refractivity contribution in [1.29, 1.82) is 0 Å². The summed E-state index contributed by atoms with van der Waals surface area (Å²) in [7, 11) is -1.98. The number of imide groups is 1. The summed E-state index contributed by atoms with van der Waals surface area (Å²) >= 11 is 5.49. The average Bonchev–Trinajstić information content (AvgIpc) is 3.49. The van der Waals surface area contributed by atoms with Crippen molar-refractivity contribution in [2.45, 2.75) is 61.7 Å². The molecule has 3 saturated heterocycles. The van der Waals surface area contributed by atoms with Crippen LogP contribution in [0.15, 0.2) is 53.7 Å². The number of carbonyl (C=O) groups is 2. The van der Waals surface area contributed by atoms with Gasteiger partial charge in [0.25, 0.3) is 0 Å². The first-order chi connectivity index (χ1) is 26.2. The van der Waals surface area contributed by atoms with E-state index in [1.165, 1.54) is 31.2 Å². The van der Waals surface area contributed by atoms with Crippen LogP contribution in [0.5, 0.6) is 5.75 Å².